The maximum absolute atomic E-state index is 10.9. The van der Waals surface area contributed by atoms with Gasteiger partial charge in [0.25, 0.3) is 0 Å². The van der Waals surface area contributed by atoms with E-state index in [1.165, 1.54) is 7.11 Å². The molecule has 1 saturated heterocycles. The third-order valence-corrected chi connectivity index (χ3v) is 2.50. The Hall–Kier alpha value is -0.0600. The van der Waals surface area contributed by atoms with Crippen molar-refractivity contribution in [2.75, 3.05) is 20.2 Å². The molecule has 0 aromatic heterocycles. The van der Waals surface area contributed by atoms with Crippen LogP contribution in [-0.2, 0) is 13.6 Å². The first kappa shape index (κ1) is 10.0. The zero-order valence-electron chi connectivity index (χ0n) is 7.29. The largest absolute Gasteiger partial charge is 0.700 e. The lowest BCUT2D eigenvalue weighted by atomic mass is 10.3. The molecule has 0 aromatic carbocycles. The van der Waals surface area contributed by atoms with E-state index in [-0.39, 0.29) is 0 Å². The van der Waals surface area contributed by atoms with Gasteiger partial charge in [-0.2, -0.15) is 0 Å². The highest BCUT2D eigenvalue weighted by atomic mass is 31.1. The van der Waals surface area contributed by atoms with E-state index in [0.29, 0.717) is 0 Å². The maximum atomic E-state index is 10.9. The Balaban J connectivity index is 2.41. The molecule has 1 aliphatic rings. The van der Waals surface area contributed by atoms with E-state index < -0.39 is 14.1 Å². The lowest BCUT2D eigenvalue weighted by Gasteiger charge is -2.29. The van der Waals surface area contributed by atoms with Gasteiger partial charge in [0.15, 0.2) is 0 Å². The fourth-order valence-electron chi connectivity index (χ4n) is 1.06. The van der Waals surface area contributed by atoms with Gasteiger partial charge in [-0.3, -0.25) is 10.6 Å². The second-order valence-corrected chi connectivity index (χ2v) is 3.73. The molecule has 1 heterocycles. The lowest BCUT2D eigenvalue weighted by Crippen LogP contribution is -2.59. The normalized spacial score (nSPS) is 23.7. The molecule has 0 amide bonds. The summed E-state index contributed by atoms with van der Waals surface area (Å²) in [5, 5.41) is 6.13. The van der Waals surface area contributed by atoms with Crippen LogP contribution in [0.3, 0.4) is 0 Å². The quantitative estimate of drug-likeness (QED) is 0.641. The van der Waals surface area contributed by atoms with Crippen LogP contribution in [0.5, 0.6) is 0 Å². The molecule has 1 fully saturated rings. The number of rotatable bonds is 3. The molecule has 0 bridgehead atoms. The van der Waals surface area contributed by atoms with E-state index in [1.54, 1.807) is 6.92 Å². The molecule has 0 radical (unpaired) electrons. The van der Waals surface area contributed by atoms with Crippen LogP contribution in [0.15, 0.2) is 0 Å². The number of hydrogen-bond donors (Lipinski definition) is 2. The second-order valence-electron chi connectivity index (χ2n) is 2.74. The summed E-state index contributed by atoms with van der Waals surface area (Å²) in [7, 11) is -0.673. The summed E-state index contributed by atoms with van der Waals surface area (Å²) in [5.74, 6) is -0.707. The highest BCUT2D eigenvalue weighted by molar-refractivity contribution is 7.33. The van der Waals surface area contributed by atoms with E-state index in [9.17, 15) is 4.57 Å². The zero-order chi connectivity index (χ0) is 9.03. The first-order chi connectivity index (χ1) is 5.66. The van der Waals surface area contributed by atoms with Gasteiger partial charge in [0.05, 0.1) is 7.11 Å². The summed E-state index contributed by atoms with van der Waals surface area (Å²) >= 11 is 0. The summed E-state index contributed by atoms with van der Waals surface area (Å²) in [5.41, 5.74) is 0. The summed E-state index contributed by atoms with van der Waals surface area (Å²) in [6.45, 7) is 3.51. The molecule has 2 N–H and O–H groups in total. The van der Waals surface area contributed by atoms with Gasteiger partial charge in [-0.05, 0) is 13.3 Å². The van der Waals surface area contributed by atoms with Gasteiger partial charge >= 0.3 is 8.25 Å². The molecular formula is C6H14N2O3P+. The SMILES string of the molecule is CO[P+](=O)OC1(C)NCCCN1. The molecule has 6 heteroatoms. The summed E-state index contributed by atoms with van der Waals surface area (Å²) in [6.07, 6.45) is 1.04. The smallest absolute Gasteiger partial charge is 0.273 e. The monoisotopic (exact) mass is 193 g/mol. The number of nitrogens with one attached hydrogen (secondary N) is 2. The fraction of sp³-hybridized carbons (Fsp3) is 1.00. The molecule has 0 aliphatic carbocycles. The predicted octanol–water partition coefficient (Wildman–Crippen LogP) is 0.563. The van der Waals surface area contributed by atoms with Crippen molar-refractivity contribution in [3.8, 4) is 0 Å². The minimum Gasteiger partial charge on any atom is -0.273 e. The standard InChI is InChI=1S/C6H14N2O3P/c1-6(11-12(9)10-2)7-4-3-5-8-6/h7-8H,3-5H2,1-2H3/q+1. The van der Waals surface area contributed by atoms with Gasteiger partial charge in [-0.15, -0.1) is 4.52 Å². The minimum atomic E-state index is -2.02. The Kier molecular flexibility index (Phi) is 3.55. The van der Waals surface area contributed by atoms with Crippen molar-refractivity contribution in [2.45, 2.75) is 19.2 Å². The van der Waals surface area contributed by atoms with Crippen molar-refractivity contribution < 1.29 is 13.6 Å². The Labute approximate surface area is 72.8 Å². The minimum absolute atomic E-state index is 0.707. The third kappa shape index (κ3) is 2.77. The van der Waals surface area contributed by atoms with Crippen LogP contribution in [0.2, 0.25) is 0 Å². The highest BCUT2D eigenvalue weighted by Gasteiger charge is 2.37. The Morgan fingerprint density at radius 2 is 2.00 bits per heavy atom. The van der Waals surface area contributed by atoms with Crippen LogP contribution in [0.25, 0.3) is 0 Å². The molecule has 1 aliphatic heterocycles. The molecular weight excluding hydrogens is 179 g/mol. The summed E-state index contributed by atoms with van der Waals surface area (Å²) < 4.78 is 20.5. The molecule has 0 saturated carbocycles. The highest BCUT2D eigenvalue weighted by Crippen LogP contribution is 2.28. The summed E-state index contributed by atoms with van der Waals surface area (Å²) in [6, 6.07) is 0. The van der Waals surface area contributed by atoms with Crippen LogP contribution in [0.4, 0.5) is 0 Å². The van der Waals surface area contributed by atoms with Gasteiger partial charge in [0.1, 0.15) is 0 Å². The third-order valence-electron chi connectivity index (χ3n) is 1.68. The number of hydrogen-bond acceptors (Lipinski definition) is 5. The van der Waals surface area contributed by atoms with Crippen LogP contribution >= 0.6 is 8.25 Å². The van der Waals surface area contributed by atoms with Gasteiger partial charge in [-0.25, -0.2) is 0 Å². The van der Waals surface area contributed by atoms with E-state index in [1.807, 2.05) is 0 Å². The van der Waals surface area contributed by atoms with Crippen molar-refractivity contribution in [3.63, 3.8) is 0 Å². The van der Waals surface area contributed by atoms with Gasteiger partial charge in [0, 0.05) is 17.7 Å². The van der Waals surface area contributed by atoms with Crippen molar-refractivity contribution in [1.29, 1.82) is 0 Å². The Morgan fingerprint density at radius 1 is 1.42 bits per heavy atom. The molecule has 0 spiro atoms. The van der Waals surface area contributed by atoms with E-state index in [4.69, 9.17) is 4.52 Å². The molecule has 70 valence electrons. The summed E-state index contributed by atoms with van der Waals surface area (Å²) in [4.78, 5) is 0. The molecule has 1 unspecified atom stereocenters. The second kappa shape index (κ2) is 4.25. The maximum Gasteiger partial charge on any atom is 0.700 e. The Bertz CT molecular complexity index is 170. The zero-order valence-corrected chi connectivity index (χ0v) is 8.19. The van der Waals surface area contributed by atoms with E-state index >= 15 is 0 Å². The van der Waals surface area contributed by atoms with Gasteiger partial charge < -0.3 is 0 Å². The van der Waals surface area contributed by atoms with Crippen molar-refractivity contribution >= 4 is 8.25 Å². The van der Waals surface area contributed by atoms with Crippen LogP contribution in [-0.4, -0.2) is 26.0 Å². The van der Waals surface area contributed by atoms with Gasteiger partial charge in [-0.1, -0.05) is 4.52 Å². The molecule has 1 rings (SSSR count). The molecule has 12 heavy (non-hydrogen) atoms. The average Bonchev–Trinajstić information content (AvgIpc) is 2.05. The van der Waals surface area contributed by atoms with Crippen LogP contribution < -0.4 is 10.6 Å². The van der Waals surface area contributed by atoms with Crippen molar-refractivity contribution in [2.24, 2.45) is 0 Å². The predicted molar refractivity (Wildman–Crippen MR) is 44.7 cm³/mol. The first-order valence-corrected chi connectivity index (χ1v) is 4.96. The lowest BCUT2D eigenvalue weighted by molar-refractivity contribution is -0.00179. The van der Waals surface area contributed by atoms with E-state index in [0.717, 1.165) is 19.5 Å². The Morgan fingerprint density at radius 3 is 2.50 bits per heavy atom. The topological polar surface area (TPSA) is 59.6 Å². The van der Waals surface area contributed by atoms with Crippen LogP contribution in [0, 0.1) is 0 Å². The molecule has 5 nitrogen and oxygen atoms in total. The van der Waals surface area contributed by atoms with Crippen molar-refractivity contribution in [1.82, 2.24) is 10.6 Å². The molecule has 0 aromatic rings. The first-order valence-electron chi connectivity index (χ1n) is 3.87. The fourth-order valence-corrected chi connectivity index (χ4v) is 1.56. The van der Waals surface area contributed by atoms with E-state index in [2.05, 4.69) is 15.2 Å². The molecule has 1 atom stereocenters. The van der Waals surface area contributed by atoms with Crippen molar-refractivity contribution in [3.05, 3.63) is 0 Å². The van der Waals surface area contributed by atoms with Crippen LogP contribution in [0.1, 0.15) is 13.3 Å². The van der Waals surface area contributed by atoms with Gasteiger partial charge in [0.2, 0.25) is 5.85 Å². The average molecular weight is 193 g/mol.